The topological polar surface area (TPSA) is 31.6 Å². The monoisotopic (exact) mass is 267 g/mol. The van der Waals surface area contributed by atoms with Crippen LogP contribution in [-0.4, -0.2) is 49.6 Å². The lowest BCUT2D eigenvalue weighted by Gasteiger charge is -2.21. The molecule has 0 aliphatic carbocycles. The number of hydrogen-bond donors (Lipinski definition) is 1. The number of furan rings is 1. The van der Waals surface area contributed by atoms with E-state index in [2.05, 4.69) is 63.1 Å². The summed E-state index contributed by atoms with van der Waals surface area (Å²) in [5, 5.41) is 3.50. The van der Waals surface area contributed by atoms with E-state index < -0.39 is 0 Å². The van der Waals surface area contributed by atoms with Gasteiger partial charge in [-0.1, -0.05) is 0 Å². The third kappa shape index (κ3) is 6.76. The molecule has 4 nitrogen and oxygen atoms in total. The van der Waals surface area contributed by atoms with Gasteiger partial charge < -0.3 is 14.6 Å². The van der Waals surface area contributed by atoms with E-state index in [0.717, 1.165) is 31.9 Å². The van der Waals surface area contributed by atoms with E-state index in [9.17, 15) is 0 Å². The second-order valence-electron chi connectivity index (χ2n) is 6.51. The van der Waals surface area contributed by atoms with Crippen LogP contribution in [0.15, 0.2) is 16.7 Å². The van der Waals surface area contributed by atoms with Gasteiger partial charge in [0.25, 0.3) is 0 Å². The molecule has 19 heavy (non-hydrogen) atoms. The molecule has 1 heterocycles. The van der Waals surface area contributed by atoms with Gasteiger partial charge in [0.1, 0.15) is 5.76 Å². The number of nitrogens with zero attached hydrogens (tertiary/aromatic N) is 2. The summed E-state index contributed by atoms with van der Waals surface area (Å²) in [5.41, 5.74) is 1.39. The van der Waals surface area contributed by atoms with Gasteiger partial charge in [-0.3, -0.25) is 4.90 Å². The first kappa shape index (κ1) is 16.2. The molecule has 0 fully saturated rings. The third-order valence-corrected chi connectivity index (χ3v) is 2.99. The van der Waals surface area contributed by atoms with Crippen molar-refractivity contribution >= 4 is 0 Å². The van der Waals surface area contributed by atoms with Crippen molar-refractivity contribution in [2.75, 3.05) is 34.2 Å². The molecule has 0 aliphatic rings. The Kier molecular flexibility index (Phi) is 6.04. The van der Waals surface area contributed by atoms with Crippen molar-refractivity contribution in [3.8, 4) is 0 Å². The second kappa shape index (κ2) is 7.08. The normalized spacial score (nSPS) is 12.6. The van der Waals surface area contributed by atoms with E-state index in [1.54, 1.807) is 6.26 Å². The Balaban J connectivity index is 2.48. The molecular formula is C15H29N3O. The Labute approximate surface area is 117 Å². The number of likely N-dealkylation sites (N-methyl/N-ethyl adjacent to an activating group) is 2. The largest absolute Gasteiger partial charge is 0.468 e. The molecule has 1 rings (SSSR count). The lowest BCUT2D eigenvalue weighted by molar-refractivity contribution is 0.256. The summed E-state index contributed by atoms with van der Waals surface area (Å²) < 4.78 is 5.61. The Bertz CT molecular complexity index is 366. The summed E-state index contributed by atoms with van der Waals surface area (Å²) in [6.45, 7) is 10.4. The van der Waals surface area contributed by atoms with Crippen molar-refractivity contribution in [2.45, 2.75) is 39.4 Å². The van der Waals surface area contributed by atoms with Crippen LogP contribution >= 0.6 is 0 Å². The fraction of sp³-hybridized carbons (Fsp3) is 0.733. The number of rotatable bonds is 7. The zero-order valence-corrected chi connectivity index (χ0v) is 13.3. The minimum absolute atomic E-state index is 0.130. The first-order chi connectivity index (χ1) is 8.78. The molecule has 110 valence electrons. The molecular weight excluding hydrogens is 238 g/mol. The van der Waals surface area contributed by atoms with Gasteiger partial charge in [-0.25, -0.2) is 0 Å². The standard InChI is InChI=1S/C15H29N3O/c1-15(2,3)16-11-13-7-10-19-14(13)12-18(6)9-8-17(4)5/h7,10,16H,8-9,11-12H2,1-6H3. The van der Waals surface area contributed by atoms with E-state index in [1.807, 2.05) is 0 Å². The van der Waals surface area contributed by atoms with Crippen molar-refractivity contribution in [1.82, 2.24) is 15.1 Å². The Morgan fingerprint density at radius 3 is 2.42 bits per heavy atom. The SMILES string of the molecule is CN(C)CCN(C)Cc1occc1CNC(C)(C)C. The first-order valence-corrected chi connectivity index (χ1v) is 6.91. The van der Waals surface area contributed by atoms with Crippen LogP contribution in [0.4, 0.5) is 0 Å². The quantitative estimate of drug-likeness (QED) is 0.820. The predicted octanol–water partition coefficient (Wildman–Crippen LogP) is 2.16. The van der Waals surface area contributed by atoms with Gasteiger partial charge in [0, 0.05) is 30.7 Å². The summed E-state index contributed by atoms with van der Waals surface area (Å²) in [4.78, 5) is 4.49. The smallest absolute Gasteiger partial charge is 0.122 e. The van der Waals surface area contributed by atoms with Gasteiger partial charge in [0.2, 0.25) is 0 Å². The predicted molar refractivity (Wildman–Crippen MR) is 80.2 cm³/mol. The molecule has 0 aromatic carbocycles. The second-order valence-corrected chi connectivity index (χ2v) is 6.51. The van der Waals surface area contributed by atoms with Crippen LogP contribution in [0, 0.1) is 0 Å². The highest BCUT2D eigenvalue weighted by molar-refractivity contribution is 5.17. The maximum absolute atomic E-state index is 5.61. The van der Waals surface area contributed by atoms with Crippen molar-refractivity contribution in [3.63, 3.8) is 0 Å². The van der Waals surface area contributed by atoms with Gasteiger partial charge in [-0.05, 0) is 48.0 Å². The molecule has 0 spiro atoms. The minimum atomic E-state index is 0.130. The summed E-state index contributed by atoms with van der Waals surface area (Å²) in [5.74, 6) is 1.07. The van der Waals surface area contributed by atoms with Crippen molar-refractivity contribution in [1.29, 1.82) is 0 Å². The zero-order chi connectivity index (χ0) is 14.5. The fourth-order valence-corrected chi connectivity index (χ4v) is 1.72. The van der Waals surface area contributed by atoms with E-state index in [0.29, 0.717) is 0 Å². The number of hydrogen-bond acceptors (Lipinski definition) is 4. The third-order valence-electron chi connectivity index (χ3n) is 2.99. The van der Waals surface area contributed by atoms with Gasteiger partial charge in [-0.15, -0.1) is 0 Å². The van der Waals surface area contributed by atoms with Crippen molar-refractivity contribution < 1.29 is 4.42 Å². The van der Waals surface area contributed by atoms with Crippen molar-refractivity contribution in [3.05, 3.63) is 23.7 Å². The van der Waals surface area contributed by atoms with Crippen LogP contribution in [0.5, 0.6) is 0 Å². The van der Waals surface area contributed by atoms with Gasteiger partial charge >= 0.3 is 0 Å². The summed E-state index contributed by atoms with van der Waals surface area (Å²) >= 11 is 0. The maximum atomic E-state index is 5.61. The van der Waals surface area contributed by atoms with E-state index in [4.69, 9.17) is 4.42 Å². The highest BCUT2D eigenvalue weighted by atomic mass is 16.3. The van der Waals surface area contributed by atoms with Crippen LogP contribution in [0.25, 0.3) is 0 Å². The Morgan fingerprint density at radius 1 is 1.16 bits per heavy atom. The molecule has 1 aromatic heterocycles. The molecule has 0 bridgehead atoms. The minimum Gasteiger partial charge on any atom is -0.468 e. The van der Waals surface area contributed by atoms with Crippen molar-refractivity contribution in [2.24, 2.45) is 0 Å². The molecule has 4 heteroatoms. The molecule has 0 unspecified atom stereocenters. The van der Waals surface area contributed by atoms with Crippen LogP contribution in [0.1, 0.15) is 32.1 Å². The van der Waals surface area contributed by atoms with Crippen LogP contribution in [-0.2, 0) is 13.1 Å². The molecule has 0 atom stereocenters. The van der Waals surface area contributed by atoms with Crippen LogP contribution in [0.2, 0.25) is 0 Å². The lowest BCUT2D eigenvalue weighted by atomic mass is 10.1. The lowest BCUT2D eigenvalue weighted by Crippen LogP contribution is -2.35. The van der Waals surface area contributed by atoms with Gasteiger partial charge in [0.05, 0.1) is 12.8 Å². The molecule has 0 saturated heterocycles. The van der Waals surface area contributed by atoms with Crippen LogP contribution in [0.3, 0.4) is 0 Å². The number of nitrogens with one attached hydrogen (secondary N) is 1. The molecule has 0 saturated carbocycles. The molecule has 0 amide bonds. The highest BCUT2D eigenvalue weighted by Gasteiger charge is 2.13. The summed E-state index contributed by atoms with van der Waals surface area (Å²) in [6, 6.07) is 2.06. The fourth-order valence-electron chi connectivity index (χ4n) is 1.72. The Hall–Kier alpha value is -0.840. The first-order valence-electron chi connectivity index (χ1n) is 6.91. The van der Waals surface area contributed by atoms with E-state index >= 15 is 0 Å². The van der Waals surface area contributed by atoms with Gasteiger partial charge in [-0.2, -0.15) is 0 Å². The van der Waals surface area contributed by atoms with E-state index in [-0.39, 0.29) is 5.54 Å². The van der Waals surface area contributed by atoms with E-state index in [1.165, 1.54) is 5.56 Å². The highest BCUT2D eigenvalue weighted by Crippen LogP contribution is 2.14. The molecule has 0 aliphatic heterocycles. The average molecular weight is 267 g/mol. The van der Waals surface area contributed by atoms with Gasteiger partial charge in [0.15, 0.2) is 0 Å². The van der Waals surface area contributed by atoms with Crippen LogP contribution < -0.4 is 5.32 Å². The Morgan fingerprint density at radius 2 is 1.84 bits per heavy atom. The molecule has 1 N–H and O–H groups in total. The summed E-state index contributed by atoms with van der Waals surface area (Å²) in [7, 11) is 6.33. The molecule has 0 radical (unpaired) electrons. The zero-order valence-electron chi connectivity index (χ0n) is 13.3. The summed E-state index contributed by atoms with van der Waals surface area (Å²) in [6.07, 6.45) is 1.79. The average Bonchev–Trinajstić information content (AvgIpc) is 2.70. The maximum Gasteiger partial charge on any atom is 0.122 e. The molecule has 1 aromatic rings.